The quantitative estimate of drug-likeness (QED) is 0.532. The van der Waals surface area contributed by atoms with Crippen molar-refractivity contribution in [2.75, 3.05) is 18.0 Å². The second-order valence-corrected chi connectivity index (χ2v) is 8.02. The normalized spacial score (nSPS) is 14.3. The van der Waals surface area contributed by atoms with Crippen LogP contribution in [0.4, 0.5) is 5.95 Å². The van der Waals surface area contributed by atoms with Crippen molar-refractivity contribution in [3.05, 3.63) is 47.9 Å². The summed E-state index contributed by atoms with van der Waals surface area (Å²) in [5, 5.41) is 11.8. The maximum absolute atomic E-state index is 4.66. The third kappa shape index (κ3) is 3.03. The largest absolute Gasteiger partial charge is 0.346 e. The molecule has 1 N–H and O–H groups in total. The smallest absolute Gasteiger partial charge is 0.232 e. The zero-order valence-electron chi connectivity index (χ0n) is 15.9. The standard InChI is InChI=1S/C20H21N7S/c1-13-5-7-15(8-6-13)27-19(26-11-3-4-12-26)24-25-20(27)28-18-16-9-10-21-17(16)22-14(2)23-18/h5-10H,3-4,11-12H2,1-2H3,(H,21,22,23). The molecule has 0 spiro atoms. The summed E-state index contributed by atoms with van der Waals surface area (Å²) in [7, 11) is 0. The Hall–Kier alpha value is -2.87. The van der Waals surface area contributed by atoms with Gasteiger partial charge in [0.15, 0.2) is 0 Å². The summed E-state index contributed by atoms with van der Waals surface area (Å²) < 4.78 is 2.14. The molecule has 4 aromatic rings. The van der Waals surface area contributed by atoms with Crippen molar-refractivity contribution in [3.8, 4) is 5.69 Å². The average molecular weight is 392 g/mol. The highest BCUT2D eigenvalue weighted by molar-refractivity contribution is 7.99. The van der Waals surface area contributed by atoms with Crippen molar-refractivity contribution in [1.82, 2.24) is 29.7 Å². The van der Waals surface area contributed by atoms with Crippen LogP contribution in [0, 0.1) is 13.8 Å². The molecule has 0 radical (unpaired) electrons. The van der Waals surface area contributed by atoms with Crippen LogP contribution < -0.4 is 4.90 Å². The first-order chi connectivity index (χ1) is 13.7. The monoisotopic (exact) mass is 391 g/mol. The van der Waals surface area contributed by atoms with Gasteiger partial charge in [-0.15, -0.1) is 10.2 Å². The number of aryl methyl sites for hydroxylation is 2. The molecule has 0 unspecified atom stereocenters. The number of H-pyrrole nitrogens is 1. The molecule has 1 aliphatic heterocycles. The highest BCUT2D eigenvalue weighted by Crippen LogP contribution is 2.34. The Morgan fingerprint density at radius 2 is 1.75 bits per heavy atom. The lowest BCUT2D eigenvalue weighted by atomic mass is 10.2. The predicted octanol–water partition coefficient (Wildman–Crippen LogP) is 3.91. The Morgan fingerprint density at radius 3 is 2.54 bits per heavy atom. The summed E-state index contributed by atoms with van der Waals surface area (Å²) in [6, 6.07) is 10.5. The van der Waals surface area contributed by atoms with Crippen molar-refractivity contribution in [1.29, 1.82) is 0 Å². The Balaban J connectivity index is 1.62. The minimum atomic E-state index is 0.735. The van der Waals surface area contributed by atoms with E-state index < -0.39 is 0 Å². The van der Waals surface area contributed by atoms with Gasteiger partial charge in [-0.1, -0.05) is 17.7 Å². The molecule has 0 amide bonds. The first-order valence-electron chi connectivity index (χ1n) is 9.46. The van der Waals surface area contributed by atoms with E-state index in [2.05, 4.69) is 65.8 Å². The van der Waals surface area contributed by atoms with E-state index in [1.165, 1.54) is 30.2 Å². The molecule has 1 aliphatic rings. The average Bonchev–Trinajstić information content (AvgIpc) is 3.42. The third-order valence-electron chi connectivity index (χ3n) is 4.98. The molecule has 1 aromatic carbocycles. The molecule has 142 valence electrons. The number of nitrogens with one attached hydrogen (secondary N) is 1. The molecular formula is C20H21N7S. The van der Waals surface area contributed by atoms with Gasteiger partial charge in [0.2, 0.25) is 11.1 Å². The lowest BCUT2D eigenvalue weighted by Crippen LogP contribution is -2.22. The van der Waals surface area contributed by atoms with Crippen LogP contribution in [0.15, 0.2) is 46.7 Å². The van der Waals surface area contributed by atoms with E-state index in [-0.39, 0.29) is 0 Å². The van der Waals surface area contributed by atoms with Crippen LogP contribution in [0.1, 0.15) is 24.2 Å². The van der Waals surface area contributed by atoms with Crippen LogP contribution in [0.5, 0.6) is 0 Å². The van der Waals surface area contributed by atoms with Gasteiger partial charge in [-0.05, 0) is 56.7 Å². The van der Waals surface area contributed by atoms with E-state index in [4.69, 9.17) is 0 Å². The summed E-state index contributed by atoms with van der Waals surface area (Å²) in [4.78, 5) is 14.6. The number of rotatable bonds is 4. The van der Waals surface area contributed by atoms with Crippen molar-refractivity contribution < 1.29 is 0 Å². The van der Waals surface area contributed by atoms with Crippen molar-refractivity contribution in [2.24, 2.45) is 0 Å². The minimum absolute atomic E-state index is 0.735. The molecule has 5 rings (SSSR count). The minimum Gasteiger partial charge on any atom is -0.346 e. The lowest BCUT2D eigenvalue weighted by Gasteiger charge is -2.18. The Morgan fingerprint density at radius 1 is 0.964 bits per heavy atom. The number of aromatic nitrogens is 6. The molecule has 1 fully saturated rings. The van der Waals surface area contributed by atoms with Crippen LogP contribution in [-0.4, -0.2) is 42.8 Å². The molecular weight excluding hydrogens is 370 g/mol. The molecule has 0 aliphatic carbocycles. The number of aromatic amines is 1. The number of fused-ring (bicyclic) bond motifs is 1. The first kappa shape index (κ1) is 17.2. The van der Waals surface area contributed by atoms with Crippen LogP contribution in [0.25, 0.3) is 16.7 Å². The molecule has 3 aromatic heterocycles. The van der Waals surface area contributed by atoms with Gasteiger partial charge in [0.05, 0.1) is 11.1 Å². The van der Waals surface area contributed by atoms with Gasteiger partial charge in [-0.3, -0.25) is 4.57 Å². The molecule has 0 saturated carbocycles. The molecule has 28 heavy (non-hydrogen) atoms. The predicted molar refractivity (Wildman–Crippen MR) is 110 cm³/mol. The fourth-order valence-electron chi connectivity index (χ4n) is 3.55. The van der Waals surface area contributed by atoms with Gasteiger partial charge < -0.3 is 9.88 Å². The van der Waals surface area contributed by atoms with Gasteiger partial charge in [0.1, 0.15) is 16.5 Å². The first-order valence-corrected chi connectivity index (χ1v) is 10.3. The fraction of sp³-hybridized carbons (Fsp3) is 0.300. The zero-order chi connectivity index (χ0) is 19.1. The van der Waals surface area contributed by atoms with Gasteiger partial charge >= 0.3 is 0 Å². The zero-order valence-corrected chi connectivity index (χ0v) is 16.7. The Bertz CT molecular complexity index is 1120. The number of anilines is 1. The van der Waals surface area contributed by atoms with E-state index in [9.17, 15) is 0 Å². The molecule has 4 heterocycles. The molecule has 1 saturated heterocycles. The second kappa shape index (κ2) is 6.94. The van der Waals surface area contributed by atoms with Gasteiger partial charge in [0, 0.05) is 19.3 Å². The maximum Gasteiger partial charge on any atom is 0.232 e. The van der Waals surface area contributed by atoms with Crippen LogP contribution in [0.3, 0.4) is 0 Å². The summed E-state index contributed by atoms with van der Waals surface area (Å²) in [5.74, 6) is 1.64. The van der Waals surface area contributed by atoms with Crippen LogP contribution in [-0.2, 0) is 0 Å². The number of nitrogens with zero attached hydrogens (tertiary/aromatic N) is 6. The summed E-state index contributed by atoms with van der Waals surface area (Å²) >= 11 is 1.53. The summed E-state index contributed by atoms with van der Waals surface area (Å²) in [6.45, 7) is 6.04. The highest BCUT2D eigenvalue weighted by atomic mass is 32.2. The Labute approximate surface area is 167 Å². The third-order valence-corrected chi connectivity index (χ3v) is 5.93. The highest BCUT2D eigenvalue weighted by Gasteiger charge is 2.23. The SMILES string of the molecule is Cc1ccc(-n2c(Sc3nc(C)nc4[nH]ccc34)nnc2N2CCCC2)cc1. The van der Waals surface area contributed by atoms with E-state index in [0.717, 1.165) is 51.8 Å². The number of hydrogen-bond donors (Lipinski definition) is 1. The van der Waals surface area contributed by atoms with E-state index in [1.807, 2.05) is 19.2 Å². The molecule has 8 heteroatoms. The second-order valence-electron chi connectivity index (χ2n) is 7.07. The fourth-order valence-corrected chi connectivity index (χ4v) is 4.54. The van der Waals surface area contributed by atoms with Crippen LogP contribution in [0.2, 0.25) is 0 Å². The molecule has 0 bridgehead atoms. The summed E-state index contributed by atoms with van der Waals surface area (Å²) in [6.07, 6.45) is 4.28. The molecule has 0 atom stereocenters. The maximum atomic E-state index is 4.66. The van der Waals surface area contributed by atoms with E-state index in [0.29, 0.717) is 0 Å². The van der Waals surface area contributed by atoms with E-state index in [1.54, 1.807) is 0 Å². The lowest BCUT2D eigenvalue weighted by molar-refractivity contribution is 0.839. The number of hydrogen-bond acceptors (Lipinski definition) is 6. The number of benzene rings is 1. The molecule has 7 nitrogen and oxygen atoms in total. The Kier molecular flexibility index (Phi) is 4.27. The van der Waals surface area contributed by atoms with Crippen molar-refractivity contribution in [2.45, 2.75) is 36.9 Å². The van der Waals surface area contributed by atoms with Gasteiger partial charge in [-0.2, -0.15) is 0 Å². The van der Waals surface area contributed by atoms with Crippen molar-refractivity contribution in [3.63, 3.8) is 0 Å². The van der Waals surface area contributed by atoms with Gasteiger partial charge in [-0.25, -0.2) is 9.97 Å². The van der Waals surface area contributed by atoms with Crippen molar-refractivity contribution >= 4 is 28.7 Å². The van der Waals surface area contributed by atoms with E-state index >= 15 is 0 Å². The van der Waals surface area contributed by atoms with Crippen LogP contribution >= 0.6 is 11.8 Å². The topological polar surface area (TPSA) is 75.5 Å². The summed E-state index contributed by atoms with van der Waals surface area (Å²) in [5.41, 5.74) is 3.14. The van der Waals surface area contributed by atoms with Gasteiger partial charge in [0.25, 0.3) is 0 Å².